The maximum Gasteiger partial charge on any atom is 0.337 e. The number of benzene rings is 2. The van der Waals surface area contributed by atoms with Crippen molar-refractivity contribution in [3.63, 3.8) is 0 Å². The molecule has 1 saturated heterocycles. The van der Waals surface area contributed by atoms with Gasteiger partial charge in [0.15, 0.2) is 5.65 Å². The molecule has 0 bridgehead atoms. The zero-order chi connectivity index (χ0) is 28.0. The van der Waals surface area contributed by atoms with Gasteiger partial charge in [0, 0.05) is 31.8 Å². The molecule has 6 rings (SSSR count). The van der Waals surface area contributed by atoms with Crippen LogP contribution >= 0.6 is 0 Å². The molecule has 4 aromatic rings. The van der Waals surface area contributed by atoms with Crippen molar-refractivity contribution in [1.82, 2.24) is 19.5 Å². The highest BCUT2D eigenvalue weighted by molar-refractivity contribution is 5.94. The number of ether oxygens (including phenoxy) is 3. The van der Waals surface area contributed by atoms with E-state index < -0.39 is 11.9 Å². The van der Waals surface area contributed by atoms with Crippen molar-refractivity contribution < 1.29 is 23.8 Å². The lowest BCUT2D eigenvalue weighted by atomic mass is 10.00. The Labute approximate surface area is 237 Å². The first kappa shape index (κ1) is 26.7. The van der Waals surface area contributed by atoms with Gasteiger partial charge in [-0.2, -0.15) is 9.50 Å². The first-order valence-electron chi connectivity index (χ1n) is 13.9. The molecule has 0 amide bonds. The summed E-state index contributed by atoms with van der Waals surface area (Å²) >= 11 is 0. The van der Waals surface area contributed by atoms with Crippen LogP contribution in [0.3, 0.4) is 0 Å². The molecule has 1 N–H and O–H groups in total. The van der Waals surface area contributed by atoms with Gasteiger partial charge < -0.3 is 24.4 Å². The lowest BCUT2D eigenvalue weighted by molar-refractivity contribution is -0.133. The van der Waals surface area contributed by atoms with Gasteiger partial charge in [-0.1, -0.05) is 60.7 Å². The standard InChI is InChI=1S/C31H31N5O5/c37-27-14-15-28(38)41-31-30(40-27)33-26-13-12-25(34-36(26)31)32-18-7-19-35-20-16-24(17-21-35)39-29(22-8-3-1-4-9-22)23-10-5-2-6-11-23/h1-6,8-15,24,29H,7,16-21H2,(H,32,34)/b15-14+. The monoisotopic (exact) mass is 553 g/mol. The fraction of sp³-hybridized carbons (Fsp3) is 0.290. The van der Waals surface area contributed by atoms with E-state index in [0.717, 1.165) is 51.0 Å². The van der Waals surface area contributed by atoms with Crippen molar-refractivity contribution in [2.45, 2.75) is 31.5 Å². The molecule has 4 heterocycles. The third kappa shape index (κ3) is 6.45. The fourth-order valence-corrected chi connectivity index (χ4v) is 5.12. The van der Waals surface area contributed by atoms with Gasteiger partial charge in [-0.15, -0.1) is 5.10 Å². The number of hydrogen-bond donors (Lipinski definition) is 1. The maximum absolute atomic E-state index is 11.9. The molecule has 2 aromatic carbocycles. The Bertz CT molecular complexity index is 1490. The van der Waals surface area contributed by atoms with Crippen molar-refractivity contribution in [2.75, 3.05) is 31.5 Å². The van der Waals surface area contributed by atoms with Gasteiger partial charge in [0.1, 0.15) is 11.9 Å². The average molecular weight is 554 g/mol. The Morgan fingerprint density at radius 1 is 0.878 bits per heavy atom. The van der Waals surface area contributed by atoms with Crippen LogP contribution in [-0.2, 0) is 14.3 Å². The summed E-state index contributed by atoms with van der Waals surface area (Å²) in [5.74, 6) is -0.929. The molecule has 2 aliphatic rings. The second-order valence-corrected chi connectivity index (χ2v) is 10.0. The molecule has 41 heavy (non-hydrogen) atoms. The Kier molecular flexibility index (Phi) is 8.01. The van der Waals surface area contributed by atoms with E-state index in [1.807, 2.05) is 12.1 Å². The molecule has 2 aromatic heterocycles. The van der Waals surface area contributed by atoms with Gasteiger partial charge in [0.2, 0.25) is 0 Å². The number of carbonyl (C=O) groups excluding carboxylic acids is 2. The number of esters is 2. The van der Waals surface area contributed by atoms with Crippen molar-refractivity contribution in [2.24, 2.45) is 0 Å². The highest BCUT2D eigenvalue weighted by Gasteiger charge is 2.25. The van der Waals surface area contributed by atoms with E-state index in [1.54, 1.807) is 12.1 Å². The van der Waals surface area contributed by atoms with Gasteiger partial charge in [-0.05, 0) is 49.1 Å². The molecule has 0 aliphatic carbocycles. The van der Waals surface area contributed by atoms with E-state index in [-0.39, 0.29) is 24.0 Å². The SMILES string of the molecule is O=C1/C=C/C(=O)Oc2c(nc3ccc(NCCCN4CCC(OC(c5ccccc5)c5ccccc5)CC4)nn23)O1. The quantitative estimate of drug-likeness (QED) is 0.241. The topological polar surface area (TPSA) is 107 Å². The number of rotatable bonds is 9. The number of likely N-dealkylation sites (tertiary alicyclic amines) is 1. The lowest BCUT2D eigenvalue weighted by Gasteiger charge is -2.34. The van der Waals surface area contributed by atoms with Crippen LogP contribution in [0.15, 0.2) is 84.9 Å². The minimum atomic E-state index is -0.701. The van der Waals surface area contributed by atoms with Gasteiger partial charge >= 0.3 is 11.9 Å². The van der Waals surface area contributed by atoms with Crippen molar-refractivity contribution in [3.8, 4) is 11.8 Å². The molecule has 1 fully saturated rings. The van der Waals surface area contributed by atoms with Crippen LogP contribution in [0.25, 0.3) is 5.65 Å². The van der Waals surface area contributed by atoms with Gasteiger partial charge in [-0.3, -0.25) is 0 Å². The highest BCUT2D eigenvalue weighted by Crippen LogP contribution is 2.31. The second-order valence-electron chi connectivity index (χ2n) is 10.0. The Morgan fingerprint density at radius 3 is 2.22 bits per heavy atom. The predicted octanol–water partition coefficient (Wildman–Crippen LogP) is 4.18. The van der Waals surface area contributed by atoms with Crippen LogP contribution in [0.2, 0.25) is 0 Å². The summed E-state index contributed by atoms with van der Waals surface area (Å²) < 4.78 is 18.4. The molecule has 2 aliphatic heterocycles. The third-order valence-electron chi connectivity index (χ3n) is 7.18. The van der Waals surface area contributed by atoms with E-state index in [9.17, 15) is 9.59 Å². The van der Waals surface area contributed by atoms with E-state index >= 15 is 0 Å². The molecule has 0 unspecified atom stereocenters. The lowest BCUT2D eigenvalue weighted by Crippen LogP contribution is -2.38. The molecule has 10 heteroatoms. The van der Waals surface area contributed by atoms with Crippen LogP contribution in [0.4, 0.5) is 5.82 Å². The minimum absolute atomic E-state index is 0.0294. The number of carbonyl (C=O) groups is 2. The van der Waals surface area contributed by atoms with E-state index in [4.69, 9.17) is 14.2 Å². The molecule has 210 valence electrons. The van der Waals surface area contributed by atoms with E-state index in [2.05, 4.69) is 68.8 Å². The first-order chi connectivity index (χ1) is 20.1. The number of piperidine rings is 1. The number of nitrogens with zero attached hydrogens (tertiary/aromatic N) is 4. The number of anilines is 1. The van der Waals surface area contributed by atoms with Crippen molar-refractivity contribution >= 4 is 23.4 Å². The third-order valence-corrected chi connectivity index (χ3v) is 7.18. The number of imidazole rings is 1. The summed E-state index contributed by atoms with van der Waals surface area (Å²) in [6.45, 7) is 3.66. The molecular weight excluding hydrogens is 522 g/mol. The van der Waals surface area contributed by atoms with Crippen LogP contribution < -0.4 is 14.8 Å². The number of hydrogen-bond acceptors (Lipinski definition) is 9. The smallest absolute Gasteiger partial charge is 0.337 e. The summed E-state index contributed by atoms with van der Waals surface area (Å²) in [5.41, 5.74) is 2.75. The first-order valence-corrected chi connectivity index (χ1v) is 13.9. The Hall–Kier alpha value is -4.54. The molecule has 0 spiro atoms. The van der Waals surface area contributed by atoms with Crippen LogP contribution in [-0.4, -0.2) is 63.7 Å². The summed E-state index contributed by atoms with van der Waals surface area (Å²) in [5, 5.41) is 7.79. The van der Waals surface area contributed by atoms with Gasteiger partial charge in [0.05, 0.1) is 6.10 Å². The predicted molar refractivity (Wildman–Crippen MR) is 152 cm³/mol. The van der Waals surface area contributed by atoms with Gasteiger partial charge in [-0.25, -0.2) is 9.59 Å². The van der Waals surface area contributed by atoms with Crippen LogP contribution in [0.5, 0.6) is 11.8 Å². The minimum Gasteiger partial charge on any atom is -0.398 e. The summed E-state index contributed by atoms with van der Waals surface area (Å²) in [6.07, 6.45) is 5.07. The molecule has 0 radical (unpaired) electrons. The zero-order valence-electron chi connectivity index (χ0n) is 22.5. The highest BCUT2D eigenvalue weighted by atomic mass is 16.6. The number of nitrogens with one attached hydrogen (secondary N) is 1. The van der Waals surface area contributed by atoms with Crippen LogP contribution in [0.1, 0.15) is 36.5 Å². The average Bonchev–Trinajstić information content (AvgIpc) is 3.33. The molecular formula is C31H31N5O5. The van der Waals surface area contributed by atoms with E-state index in [1.165, 1.54) is 15.6 Å². The van der Waals surface area contributed by atoms with Crippen molar-refractivity contribution in [3.05, 3.63) is 96.1 Å². The second kappa shape index (κ2) is 12.3. The Morgan fingerprint density at radius 2 is 1.54 bits per heavy atom. The van der Waals surface area contributed by atoms with Crippen LogP contribution in [0, 0.1) is 0 Å². The largest absolute Gasteiger partial charge is 0.398 e. The van der Waals surface area contributed by atoms with E-state index in [0.29, 0.717) is 18.0 Å². The van der Waals surface area contributed by atoms with Crippen molar-refractivity contribution in [1.29, 1.82) is 0 Å². The fourth-order valence-electron chi connectivity index (χ4n) is 5.12. The normalized spacial score (nSPS) is 17.0. The van der Waals surface area contributed by atoms with Gasteiger partial charge in [0.25, 0.3) is 11.8 Å². The summed E-state index contributed by atoms with van der Waals surface area (Å²) in [4.78, 5) is 30.4. The Balaban J connectivity index is 0.993. The zero-order valence-corrected chi connectivity index (χ0v) is 22.5. The molecule has 10 nitrogen and oxygen atoms in total. The number of fused-ring (bicyclic) bond motifs is 3. The maximum atomic E-state index is 11.9. The summed E-state index contributed by atoms with van der Waals surface area (Å²) in [6, 6.07) is 24.4. The molecule has 0 saturated carbocycles. The summed E-state index contributed by atoms with van der Waals surface area (Å²) in [7, 11) is 0. The molecule has 0 atom stereocenters. The number of aromatic nitrogens is 3.